The summed E-state index contributed by atoms with van der Waals surface area (Å²) in [5, 5.41) is 0. The number of nitrogens with zero attached hydrogens (tertiary/aromatic N) is 1. The molecule has 0 spiro atoms. The van der Waals surface area contributed by atoms with Crippen LogP contribution in [-0.4, -0.2) is 30.1 Å². The Bertz CT molecular complexity index is 412. The van der Waals surface area contributed by atoms with Crippen molar-refractivity contribution in [2.75, 3.05) is 13.2 Å². The topological polar surface area (TPSA) is 29.5 Å². The van der Waals surface area contributed by atoms with Gasteiger partial charge < -0.3 is 4.74 Å². The van der Waals surface area contributed by atoms with Crippen molar-refractivity contribution in [3.63, 3.8) is 0 Å². The maximum Gasteiger partial charge on any atom is 0.334 e. The van der Waals surface area contributed by atoms with Crippen LogP contribution < -0.4 is 0 Å². The van der Waals surface area contributed by atoms with Crippen molar-refractivity contribution in [3.05, 3.63) is 48.0 Å². The summed E-state index contributed by atoms with van der Waals surface area (Å²) in [5.74, 6) is -0.304. The predicted molar refractivity (Wildman–Crippen MR) is 77.8 cm³/mol. The highest BCUT2D eigenvalue weighted by atomic mass is 16.5. The molecule has 0 fully saturated rings. The molecule has 3 nitrogen and oxygen atoms in total. The van der Waals surface area contributed by atoms with Gasteiger partial charge in [-0.15, -0.1) is 0 Å². The van der Waals surface area contributed by atoms with Crippen LogP contribution in [0.5, 0.6) is 0 Å². The maximum atomic E-state index is 11.6. The average Bonchev–Trinajstić information content (AvgIpc) is 2.39. The Kier molecular flexibility index (Phi) is 6.30. The van der Waals surface area contributed by atoms with E-state index < -0.39 is 0 Å². The molecule has 0 bridgehead atoms. The second kappa shape index (κ2) is 7.74. The first-order valence-corrected chi connectivity index (χ1v) is 6.67. The van der Waals surface area contributed by atoms with Crippen LogP contribution in [0.4, 0.5) is 0 Å². The third-order valence-electron chi connectivity index (χ3n) is 2.92. The van der Waals surface area contributed by atoms with E-state index in [0.29, 0.717) is 24.8 Å². The van der Waals surface area contributed by atoms with Gasteiger partial charge in [0.1, 0.15) is 0 Å². The van der Waals surface area contributed by atoms with Crippen LogP contribution in [0.2, 0.25) is 0 Å². The zero-order valence-electron chi connectivity index (χ0n) is 12.1. The summed E-state index contributed by atoms with van der Waals surface area (Å²) >= 11 is 0. The fraction of sp³-hybridized carbons (Fsp3) is 0.438. The summed E-state index contributed by atoms with van der Waals surface area (Å²) < 4.78 is 4.97. The van der Waals surface area contributed by atoms with E-state index in [1.54, 1.807) is 6.92 Å². The molecule has 0 saturated carbocycles. The number of ether oxygens (including phenoxy) is 1. The van der Waals surface area contributed by atoms with Crippen molar-refractivity contribution in [2.24, 2.45) is 0 Å². The van der Waals surface area contributed by atoms with Gasteiger partial charge in [0, 0.05) is 24.7 Å². The van der Waals surface area contributed by atoms with Crippen molar-refractivity contribution in [1.29, 1.82) is 0 Å². The Morgan fingerprint density at radius 2 is 1.95 bits per heavy atom. The third-order valence-corrected chi connectivity index (χ3v) is 2.92. The van der Waals surface area contributed by atoms with Gasteiger partial charge in [0.25, 0.3) is 0 Å². The molecule has 1 rings (SSSR count). The number of carbonyl (C=O) groups is 1. The van der Waals surface area contributed by atoms with Crippen molar-refractivity contribution >= 4 is 5.97 Å². The van der Waals surface area contributed by atoms with Crippen molar-refractivity contribution in [3.8, 4) is 0 Å². The van der Waals surface area contributed by atoms with Crippen LogP contribution in [0.3, 0.4) is 0 Å². The molecule has 0 amide bonds. The summed E-state index contributed by atoms with van der Waals surface area (Å²) in [5.41, 5.74) is 1.74. The van der Waals surface area contributed by atoms with E-state index in [-0.39, 0.29) is 5.97 Å². The monoisotopic (exact) mass is 261 g/mol. The van der Waals surface area contributed by atoms with Gasteiger partial charge in [-0.05, 0) is 26.3 Å². The molecule has 0 heterocycles. The van der Waals surface area contributed by atoms with Crippen LogP contribution in [0, 0.1) is 0 Å². The number of esters is 1. The zero-order valence-corrected chi connectivity index (χ0v) is 12.1. The molecule has 0 aromatic heterocycles. The van der Waals surface area contributed by atoms with E-state index in [1.807, 2.05) is 18.2 Å². The van der Waals surface area contributed by atoms with Gasteiger partial charge in [0.15, 0.2) is 0 Å². The van der Waals surface area contributed by atoms with Crippen molar-refractivity contribution in [1.82, 2.24) is 4.90 Å². The van der Waals surface area contributed by atoms with Gasteiger partial charge in [-0.3, -0.25) is 4.90 Å². The molecular formula is C16H23NO2. The lowest BCUT2D eigenvalue weighted by Crippen LogP contribution is -2.33. The van der Waals surface area contributed by atoms with E-state index in [1.165, 1.54) is 5.56 Å². The van der Waals surface area contributed by atoms with Gasteiger partial charge in [-0.25, -0.2) is 4.79 Å². The molecular weight excluding hydrogens is 238 g/mol. The normalized spacial score (nSPS) is 10.8. The first-order valence-electron chi connectivity index (χ1n) is 6.67. The highest BCUT2D eigenvalue weighted by Gasteiger charge is 2.16. The summed E-state index contributed by atoms with van der Waals surface area (Å²) in [4.78, 5) is 13.8. The zero-order chi connectivity index (χ0) is 14.3. The number of carbonyl (C=O) groups excluding carboxylic acids is 1. The Labute approximate surface area is 115 Å². The molecule has 3 heteroatoms. The predicted octanol–water partition coefficient (Wildman–Crippen LogP) is 3.02. The summed E-state index contributed by atoms with van der Waals surface area (Å²) in [6, 6.07) is 10.6. The quantitative estimate of drug-likeness (QED) is 0.558. The van der Waals surface area contributed by atoms with Crippen LogP contribution in [0.1, 0.15) is 26.3 Å². The molecule has 104 valence electrons. The minimum absolute atomic E-state index is 0.304. The fourth-order valence-corrected chi connectivity index (χ4v) is 1.78. The first kappa shape index (κ1) is 15.4. The Morgan fingerprint density at radius 3 is 2.47 bits per heavy atom. The largest absolute Gasteiger partial charge is 0.463 e. The minimum atomic E-state index is -0.304. The van der Waals surface area contributed by atoms with Crippen LogP contribution >= 0.6 is 0 Å². The van der Waals surface area contributed by atoms with Crippen LogP contribution in [0.15, 0.2) is 42.5 Å². The average molecular weight is 261 g/mol. The van der Waals surface area contributed by atoms with Crippen LogP contribution in [-0.2, 0) is 16.1 Å². The molecule has 0 radical (unpaired) electrons. The standard InChI is InChI=1S/C16H23NO2/c1-5-19-16(18)14(4)11-17(13(2)3)12-15-9-7-6-8-10-15/h6-10,13H,4-5,11-12H2,1-3H3. The first-order chi connectivity index (χ1) is 9.04. The number of hydrogen-bond acceptors (Lipinski definition) is 3. The SMILES string of the molecule is C=C(CN(Cc1ccccc1)C(C)C)C(=O)OCC. The second-order valence-corrected chi connectivity index (χ2v) is 4.81. The fourth-order valence-electron chi connectivity index (χ4n) is 1.78. The number of hydrogen-bond donors (Lipinski definition) is 0. The highest BCUT2D eigenvalue weighted by Crippen LogP contribution is 2.10. The van der Waals surface area contributed by atoms with E-state index in [2.05, 4.69) is 37.5 Å². The van der Waals surface area contributed by atoms with Crippen molar-refractivity contribution in [2.45, 2.75) is 33.4 Å². The lowest BCUT2D eigenvalue weighted by molar-refractivity contribution is -0.138. The molecule has 19 heavy (non-hydrogen) atoms. The summed E-state index contributed by atoms with van der Waals surface area (Å²) in [7, 11) is 0. The van der Waals surface area contributed by atoms with Gasteiger partial charge in [0.05, 0.1) is 6.61 Å². The van der Waals surface area contributed by atoms with E-state index in [0.717, 1.165) is 6.54 Å². The Morgan fingerprint density at radius 1 is 1.32 bits per heavy atom. The molecule has 0 aliphatic carbocycles. The molecule has 0 unspecified atom stereocenters. The molecule has 1 aromatic rings. The second-order valence-electron chi connectivity index (χ2n) is 4.81. The Balaban J connectivity index is 2.63. The highest BCUT2D eigenvalue weighted by molar-refractivity contribution is 5.88. The smallest absolute Gasteiger partial charge is 0.334 e. The van der Waals surface area contributed by atoms with Crippen LogP contribution in [0.25, 0.3) is 0 Å². The molecule has 0 aliphatic heterocycles. The third kappa shape index (κ3) is 5.26. The van der Waals surface area contributed by atoms with Gasteiger partial charge in [-0.1, -0.05) is 36.9 Å². The van der Waals surface area contributed by atoms with Gasteiger partial charge in [0.2, 0.25) is 0 Å². The number of rotatable bonds is 7. The molecule has 0 N–H and O–H groups in total. The Hall–Kier alpha value is -1.61. The van der Waals surface area contributed by atoms with Gasteiger partial charge in [-0.2, -0.15) is 0 Å². The summed E-state index contributed by atoms with van der Waals surface area (Å²) in [6.07, 6.45) is 0. The molecule has 0 atom stereocenters. The lowest BCUT2D eigenvalue weighted by atomic mass is 10.1. The number of benzene rings is 1. The maximum absolute atomic E-state index is 11.6. The van der Waals surface area contributed by atoms with E-state index >= 15 is 0 Å². The lowest BCUT2D eigenvalue weighted by Gasteiger charge is -2.26. The van der Waals surface area contributed by atoms with E-state index in [4.69, 9.17) is 4.74 Å². The van der Waals surface area contributed by atoms with Gasteiger partial charge >= 0.3 is 5.97 Å². The summed E-state index contributed by atoms with van der Waals surface area (Å²) in [6.45, 7) is 11.6. The van der Waals surface area contributed by atoms with Crippen molar-refractivity contribution < 1.29 is 9.53 Å². The molecule has 1 aromatic carbocycles. The molecule has 0 aliphatic rings. The minimum Gasteiger partial charge on any atom is -0.463 e. The molecule has 0 saturated heterocycles. The van der Waals surface area contributed by atoms with E-state index in [9.17, 15) is 4.79 Å².